The molecule has 0 saturated heterocycles. The smallest absolute Gasteiger partial charge is 0.271 e. The minimum atomic E-state index is -0.278. The lowest BCUT2D eigenvalue weighted by atomic mass is 10.3. The summed E-state index contributed by atoms with van der Waals surface area (Å²) in [6.07, 6.45) is 1.42. The van der Waals surface area contributed by atoms with E-state index in [1.54, 1.807) is 16.7 Å². The van der Waals surface area contributed by atoms with Crippen molar-refractivity contribution in [3.63, 3.8) is 0 Å². The zero-order valence-corrected chi connectivity index (χ0v) is 11.4. The predicted octanol–water partition coefficient (Wildman–Crippen LogP) is 2.33. The molecule has 2 heterocycles. The molecule has 0 aliphatic carbocycles. The van der Waals surface area contributed by atoms with Crippen LogP contribution >= 0.6 is 23.1 Å². The van der Waals surface area contributed by atoms with Gasteiger partial charge >= 0.3 is 0 Å². The summed E-state index contributed by atoms with van der Waals surface area (Å²) in [4.78, 5) is 16.7. The number of hydrogen-bond donors (Lipinski definition) is 1. The van der Waals surface area contributed by atoms with Gasteiger partial charge in [-0.1, -0.05) is 16.1 Å². The van der Waals surface area contributed by atoms with Gasteiger partial charge in [0.15, 0.2) is 0 Å². The van der Waals surface area contributed by atoms with Crippen molar-refractivity contribution in [2.75, 3.05) is 5.32 Å². The number of aryl methyl sites for hydroxylation is 1. The summed E-state index contributed by atoms with van der Waals surface area (Å²) in [6, 6.07) is 5.39. The lowest BCUT2D eigenvalue weighted by molar-refractivity contribution is 0.102. The number of fused-ring (bicyclic) bond motifs is 1. The fraction of sp³-hybridized carbons (Fsp3) is 0.0909. The number of hydrogen-bond acceptors (Lipinski definition) is 5. The molecule has 0 fully saturated rings. The Kier molecular flexibility index (Phi) is 2.92. The molecule has 0 unspecified atom stereocenters. The van der Waals surface area contributed by atoms with Crippen molar-refractivity contribution in [1.82, 2.24) is 19.1 Å². The lowest BCUT2D eigenvalue weighted by Crippen LogP contribution is -2.13. The fourth-order valence-corrected chi connectivity index (χ4v) is 2.29. The van der Waals surface area contributed by atoms with E-state index in [4.69, 9.17) is 11.6 Å². The predicted molar refractivity (Wildman–Crippen MR) is 73.6 cm³/mol. The monoisotopic (exact) mass is 293 g/mol. The van der Waals surface area contributed by atoms with E-state index in [1.807, 2.05) is 13.1 Å². The lowest BCUT2D eigenvalue weighted by Gasteiger charge is -2.02. The summed E-state index contributed by atoms with van der Waals surface area (Å²) in [5, 5.41) is 6.95. The molecule has 3 aromatic rings. The summed E-state index contributed by atoms with van der Waals surface area (Å²) in [5.74, 6) is 0.176. The number of carbonyl (C=O) groups is 1. The molecular weight excluding hydrogens is 286 g/mol. The van der Waals surface area contributed by atoms with Crippen LogP contribution < -0.4 is 5.32 Å². The molecule has 96 valence electrons. The van der Waals surface area contributed by atoms with Crippen molar-refractivity contribution in [3.8, 4) is 0 Å². The summed E-state index contributed by atoms with van der Waals surface area (Å²) in [7, 11) is 1.82. The van der Waals surface area contributed by atoms with Gasteiger partial charge in [0.2, 0.25) is 5.95 Å². The van der Waals surface area contributed by atoms with Crippen molar-refractivity contribution in [1.29, 1.82) is 0 Å². The van der Waals surface area contributed by atoms with E-state index >= 15 is 0 Å². The Hall–Kier alpha value is -1.99. The summed E-state index contributed by atoms with van der Waals surface area (Å²) >= 11 is 6.95. The highest BCUT2D eigenvalue weighted by atomic mass is 35.5. The van der Waals surface area contributed by atoms with Gasteiger partial charge in [0.25, 0.3) is 5.91 Å². The van der Waals surface area contributed by atoms with Crippen LogP contribution in [0.15, 0.2) is 24.4 Å². The average Bonchev–Trinajstić information content (AvgIpc) is 2.99. The first-order valence-corrected chi connectivity index (χ1v) is 6.51. The Balaban J connectivity index is 1.97. The van der Waals surface area contributed by atoms with Gasteiger partial charge in [-0.05, 0) is 29.7 Å². The maximum atomic E-state index is 11.9. The molecule has 0 bridgehead atoms. The van der Waals surface area contributed by atoms with E-state index in [0.717, 1.165) is 22.6 Å². The van der Waals surface area contributed by atoms with Crippen LogP contribution in [0.3, 0.4) is 0 Å². The van der Waals surface area contributed by atoms with Gasteiger partial charge in [0.05, 0.1) is 17.2 Å². The van der Waals surface area contributed by atoms with Gasteiger partial charge < -0.3 is 4.57 Å². The average molecular weight is 294 g/mol. The fourth-order valence-electron chi connectivity index (χ4n) is 1.72. The van der Waals surface area contributed by atoms with Gasteiger partial charge in [-0.15, -0.1) is 5.10 Å². The van der Waals surface area contributed by atoms with E-state index in [0.29, 0.717) is 15.8 Å². The Morgan fingerprint density at radius 3 is 3.05 bits per heavy atom. The summed E-state index contributed by atoms with van der Waals surface area (Å²) in [6.45, 7) is 0. The normalized spacial score (nSPS) is 10.8. The van der Waals surface area contributed by atoms with Crippen LogP contribution in [0, 0.1) is 0 Å². The number of aromatic nitrogens is 4. The molecule has 2 aromatic heterocycles. The number of nitrogens with one attached hydrogen (secondary N) is 1. The van der Waals surface area contributed by atoms with Crippen molar-refractivity contribution < 1.29 is 4.79 Å². The minimum Gasteiger partial charge on any atom is -0.313 e. The van der Waals surface area contributed by atoms with Crippen LogP contribution in [0.4, 0.5) is 5.95 Å². The highest BCUT2D eigenvalue weighted by Crippen LogP contribution is 2.22. The zero-order valence-electron chi connectivity index (χ0n) is 9.79. The molecule has 0 saturated carbocycles. The number of anilines is 1. The Morgan fingerprint density at radius 2 is 2.32 bits per heavy atom. The number of amides is 1. The first-order chi connectivity index (χ1) is 9.15. The van der Waals surface area contributed by atoms with Gasteiger partial charge in [0, 0.05) is 12.1 Å². The molecule has 3 rings (SSSR count). The molecule has 8 heteroatoms. The Labute approximate surface area is 117 Å². The van der Waals surface area contributed by atoms with E-state index < -0.39 is 0 Å². The van der Waals surface area contributed by atoms with E-state index in [-0.39, 0.29) is 5.91 Å². The van der Waals surface area contributed by atoms with Crippen LogP contribution in [-0.4, -0.2) is 25.0 Å². The number of rotatable bonds is 2. The summed E-state index contributed by atoms with van der Waals surface area (Å²) < 4.78 is 5.44. The summed E-state index contributed by atoms with van der Waals surface area (Å²) in [5.41, 5.74) is 1.62. The Morgan fingerprint density at radius 1 is 1.47 bits per heavy atom. The molecule has 1 aromatic carbocycles. The van der Waals surface area contributed by atoms with Crippen LogP contribution in [-0.2, 0) is 7.05 Å². The number of halogens is 1. The molecule has 0 aliphatic rings. The first-order valence-electron chi connectivity index (χ1n) is 5.36. The maximum absolute atomic E-state index is 11.9. The molecular formula is C11H8ClN5OS. The van der Waals surface area contributed by atoms with Gasteiger partial charge in [-0.25, -0.2) is 4.98 Å². The Bertz CT molecular complexity index is 752. The van der Waals surface area contributed by atoms with Crippen LogP contribution in [0.1, 0.15) is 9.67 Å². The minimum absolute atomic E-state index is 0.278. The highest BCUT2D eigenvalue weighted by molar-refractivity contribution is 7.07. The van der Waals surface area contributed by atoms with Gasteiger partial charge in [-0.3, -0.25) is 10.1 Å². The van der Waals surface area contributed by atoms with Crippen molar-refractivity contribution in [3.05, 3.63) is 34.3 Å². The van der Waals surface area contributed by atoms with Crippen LogP contribution in [0.2, 0.25) is 5.02 Å². The SMILES string of the molecule is Cn1c(NC(=O)c2cnns2)nc2cc(Cl)ccc21. The second kappa shape index (κ2) is 4.60. The van der Waals surface area contributed by atoms with Gasteiger partial charge in [0.1, 0.15) is 4.88 Å². The van der Waals surface area contributed by atoms with E-state index in [2.05, 4.69) is 19.9 Å². The van der Waals surface area contributed by atoms with Crippen LogP contribution in [0.25, 0.3) is 11.0 Å². The molecule has 1 amide bonds. The highest BCUT2D eigenvalue weighted by Gasteiger charge is 2.14. The maximum Gasteiger partial charge on any atom is 0.271 e. The molecule has 1 N–H and O–H groups in total. The topological polar surface area (TPSA) is 72.7 Å². The zero-order chi connectivity index (χ0) is 13.4. The second-order valence-electron chi connectivity index (χ2n) is 3.86. The number of benzene rings is 1. The molecule has 19 heavy (non-hydrogen) atoms. The molecule has 0 aliphatic heterocycles. The number of carbonyl (C=O) groups excluding carboxylic acids is 1. The third kappa shape index (κ3) is 2.18. The molecule has 0 spiro atoms. The second-order valence-corrected chi connectivity index (χ2v) is 5.09. The van der Waals surface area contributed by atoms with E-state index in [1.165, 1.54) is 6.20 Å². The third-order valence-electron chi connectivity index (χ3n) is 2.65. The third-order valence-corrected chi connectivity index (χ3v) is 3.55. The largest absolute Gasteiger partial charge is 0.313 e. The first kappa shape index (κ1) is 12.1. The number of nitrogens with zero attached hydrogens (tertiary/aromatic N) is 4. The quantitative estimate of drug-likeness (QED) is 0.787. The van der Waals surface area contributed by atoms with E-state index in [9.17, 15) is 4.79 Å². The van der Waals surface area contributed by atoms with Crippen molar-refractivity contribution in [2.24, 2.45) is 7.05 Å². The van der Waals surface area contributed by atoms with Crippen LogP contribution in [0.5, 0.6) is 0 Å². The van der Waals surface area contributed by atoms with Gasteiger partial charge in [-0.2, -0.15) is 0 Å². The van der Waals surface area contributed by atoms with Crippen molar-refractivity contribution in [2.45, 2.75) is 0 Å². The molecule has 0 atom stereocenters. The molecule has 6 nitrogen and oxygen atoms in total. The standard InChI is InChI=1S/C11H8ClN5OS/c1-17-8-3-2-6(12)4-7(8)14-11(17)15-10(18)9-5-13-16-19-9/h2-5H,1H3,(H,14,15,18). The number of imidazole rings is 1. The van der Waals surface area contributed by atoms with Crippen molar-refractivity contribution >= 4 is 46.0 Å². The molecule has 0 radical (unpaired) electrons.